The number of methoxy groups -OCH3 is 2. The van der Waals surface area contributed by atoms with Crippen LogP contribution in [-0.4, -0.2) is 87.8 Å². The monoisotopic (exact) mass is 394 g/mol. The number of piperazine rings is 1. The summed E-state index contributed by atoms with van der Waals surface area (Å²) in [5.41, 5.74) is 1.19. The van der Waals surface area contributed by atoms with Crippen LogP contribution in [0.2, 0.25) is 0 Å². The number of esters is 1. The second-order valence-corrected chi connectivity index (χ2v) is 8.14. The molecule has 2 aliphatic heterocycles. The van der Waals surface area contributed by atoms with E-state index in [9.17, 15) is 9.59 Å². The summed E-state index contributed by atoms with van der Waals surface area (Å²) in [6, 6.07) is 8.11. The molecule has 0 aromatic heterocycles. The third kappa shape index (κ3) is 5.07. The van der Waals surface area contributed by atoms with Gasteiger partial charge in [-0.1, -0.05) is 0 Å². The van der Waals surface area contributed by atoms with Gasteiger partial charge in [0, 0.05) is 24.5 Å². The van der Waals surface area contributed by atoms with Gasteiger partial charge in [0.2, 0.25) is 0 Å². The highest BCUT2D eigenvalue weighted by Gasteiger charge is 2.32. The molecule has 0 spiro atoms. The number of amides is 1. The van der Waals surface area contributed by atoms with Gasteiger partial charge in [-0.05, 0) is 24.3 Å². The van der Waals surface area contributed by atoms with E-state index in [1.54, 1.807) is 18.9 Å². The SMILES string of the molecule is COC(=O)[C@H]1CN(C(=O)C[NH+]2CCN(c3ccc(OC)cc3)CC2)CCS1. The predicted octanol–water partition coefficient (Wildman–Crippen LogP) is -0.483. The fourth-order valence-corrected chi connectivity index (χ4v) is 4.65. The minimum Gasteiger partial charge on any atom is -0.497 e. The molecule has 2 fully saturated rings. The number of nitrogens with one attached hydrogen (secondary N) is 1. The molecule has 27 heavy (non-hydrogen) atoms. The Labute approximate surface area is 164 Å². The summed E-state index contributed by atoms with van der Waals surface area (Å²) in [7, 11) is 3.07. The number of ether oxygens (including phenoxy) is 2. The van der Waals surface area contributed by atoms with E-state index in [2.05, 4.69) is 17.0 Å². The van der Waals surface area contributed by atoms with Crippen LogP contribution in [0.25, 0.3) is 0 Å². The molecule has 1 atom stereocenters. The molecule has 3 rings (SSSR count). The number of quaternary nitrogens is 1. The topological polar surface area (TPSA) is 63.5 Å². The lowest BCUT2D eigenvalue weighted by molar-refractivity contribution is -0.892. The summed E-state index contributed by atoms with van der Waals surface area (Å²) in [6.45, 7) is 5.38. The number of benzene rings is 1. The molecule has 0 aliphatic carbocycles. The third-order valence-electron chi connectivity index (χ3n) is 5.19. The number of hydrogen-bond donors (Lipinski definition) is 1. The van der Waals surface area contributed by atoms with Crippen molar-refractivity contribution in [3.05, 3.63) is 24.3 Å². The van der Waals surface area contributed by atoms with Crippen LogP contribution in [0, 0.1) is 0 Å². The Kier molecular flexibility index (Phi) is 6.84. The first kappa shape index (κ1) is 19.8. The van der Waals surface area contributed by atoms with Gasteiger partial charge < -0.3 is 24.2 Å². The van der Waals surface area contributed by atoms with Crippen molar-refractivity contribution in [2.45, 2.75) is 5.25 Å². The molecule has 1 amide bonds. The fourth-order valence-electron chi connectivity index (χ4n) is 3.53. The molecule has 2 heterocycles. The maximum Gasteiger partial charge on any atom is 0.320 e. The molecule has 1 aromatic rings. The van der Waals surface area contributed by atoms with Crippen molar-refractivity contribution in [1.29, 1.82) is 0 Å². The largest absolute Gasteiger partial charge is 0.497 e. The number of nitrogens with zero attached hydrogens (tertiary/aromatic N) is 2. The highest BCUT2D eigenvalue weighted by Crippen LogP contribution is 2.20. The summed E-state index contributed by atoms with van der Waals surface area (Å²) >= 11 is 1.57. The number of carbonyl (C=O) groups excluding carboxylic acids is 2. The first-order valence-corrected chi connectivity index (χ1v) is 10.4. The molecule has 148 valence electrons. The second-order valence-electron chi connectivity index (χ2n) is 6.83. The Morgan fingerprint density at radius 3 is 2.48 bits per heavy atom. The van der Waals surface area contributed by atoms with Crippen molar-refractivity contribution in [2.24, 2.45) is 0 Å². The van der Waals surface area contributed by atoms with Crippen LogP contribution in [0.15, 0.2) is 24.3 Å². The van der Waals surface area contributed by atoms with E-state index in [0.29, 0.717) is 19.6 Å². The summed E-state index contributed by atoms with van der Waals surface area (Å²) in [5, 5.41) is -0.255. The molecule has 0 bridgehead atoms. The number of hydrogen-bond acceptors (Lipinski definition) is 6. The Morgan fingerprint density at radius 2 is 1.85 bits per heavy atom. The van der Waals surface area contributed by atoms with Crippen LogP contribution in [0.3, 0.4) is 0 Å². The molecule has 2 aliphatic rings. The molecule has 1 aromatic carbocycles. The minimum absolute atomic E-state index is 0.136. The lowest BCUT2D eigenvalue weighted by atomic mass is 10.2. The van der Waals surface area contributed by atoms with Crippen LogP contribution in [0.1, 0.15) is 0 Å². The zero-order valence-electron chi connectivity index (χ0n) is 16.0. The number of anilines is 1. The van der Waals surface area contributed by atoms with Gasteiger partial charge in [0.1, 0.15) is 11.0 Å². The fraction of sp³-hybridized carbons (Fsp3) is 0.579. The van der Waals surface area contributed by atoms with Crippen molar-refractivity contribution in [2.75, 3.05) is 70.7 Å². The molecule has 1 N–H and O–H groups in total. The maximum atomic E-state index is 12.7. The Balaban J connectivity index is 1.47. The molecule has 0 saturated carbocycles. The average Bonchev–Trinajstić information content (AvgIpc) is 2.74. The standard InChI is InChI=1S/C19H27N3O4S/c1-25-16-5-3-15(4-6-16)21-9-7-20(8-10-21)14-18(23)22-11-12-27-17(13-22)19(24)26-2/h3-6,17H,7-14H2,1-2H3/p+1/t17-/m1/s1. The van der Waals surface area contributed by atoms with Crippen molar-refractivity contribution < 1.29 is 24.0 Å². The molecular formula is C19H28N3O4S+. The molecule has 8 heteroatoms. The zero-order valence-corrected chi connectivity index (χ0v) is 16.8. The van der Waals surface area contributed by atoms with E-state index >= 15 is 0 Å². The van der Waals surface area contributed by atoms with Crippen molar-refractivity contribution in [3.8, 4) is 5.75 Å². The normalized spacial score (nSPS) is 21.0. The van der Waals surface area contributed by atoms with E-state index in [0.717, 1.165) is 37.7 Å². The summed E-state index contributed by atoms with van der Waals surface area (Å²) in [4.78, 5) is 29.9. The van der Waals surface area contributed by atoms with Gasteiger partial charge in [-0.3, -0.25) is 9.59 Å². The van der Waals surface area contributed by atoms with Crippen LogP contribution >= 0.6 is 11.8 Å². The van der Waals surface area contributed by atoms with Crippen LogP contribution in [-0.2, 0) is 14.3 Å². The van der Waals surface area contributed by atoms with Crippen LogP contribution < -0.4 is 14.5 Å². The van der Waals surface area contributed by atoms with E-state index in [1.165, 1.54) is 17.7 Å². The van der Waals surface area contributed by atoms with Gasteiger partial charge in [0.05, 0.1) is 40.4 Å². The summed E-state index contributed by atoms with van der Waals surface area (Å²) < 4.78 is 10.0. The van der Waals surface area contributed by atoms with Gasteiger partial charge in [0.25, 0.3) is 5.91 Å². The lowest BCUT2D eigenvalue weighted by Crippen LogP contribution is -3.16. The quantitative estimate of drug-likeness (QED) is 0.681. The Morgan fingerprint density at radius 1 is 1.15 bits per heavy atom. The molecule has 0 radical (unpaired) electrons. The van der Waals surface area contributed by atoms with Crippen molar-refractivity contribution in [1.82, 2.24) is 4.90 Å². The van der Waals surface area contributed by atoms with E-state index in [4.69, 9.17) is 9.47 Å². The van der Waals surface area contributed by atoms with Crippen molar-refractivity contribution in [3.63, 3.8) is 0 Å². The predicted molar refractivity (Wildman–Crippen MR) is 106 cm³/mol. The van der Waals surface area contributed by atoms with Gasteiger partial charge >= 0.3 is 5.97 Å². The number of rotatable bonds is 5. The van der Waals surface area contributed by atoms with Gasteiger partial charge in [-0.2, -0.15) is 0 Å². The van der Waals surface area contributed by atoms with Crippen LogP contribution in [0.4, 0.5) is 5.69 Å². The Hall–Kier alpha value is -1.93. The van der Waals surface area contributed by atoms with E-state index in [-0.39, 0.29) is 17.1 Å². The van der Waals surface area contributed by atoms with Crippen LogP contribution in [0.5, 0.6) is 5.75 Å². The lowest BCUT2D eigenvalue weighted by Gasteiger charge is -2.35. The first-order valence-electron chi connectivity index (χ1n) is 9.30. The molecule has 0 unspecified atom stereocenters. The molecular weight excluding hydrogens is 366 g/mol. The van der Waals surface area contributed by atoms with E-state index < -0.39 is 0 Å². The smallest absolute Gasteiger partial charge is 0.320 e. The number of carbonyl (C=O) groups is 2. The molecule has 2 saturated heterocycles. The number of thioether (sulfide) groups is 1. The third-order valence-corrected chi connectivity index (χ3v) is 6.35. The first-order chi connectivity index (χ1) is 13.1. The van der Waals surface area contributed by atoms with Gasteiger partial charge in [-0.15, -0.1) is 11.8 Å². The van der Waals surface area contributed by atoms with Gasteiger partial charge in [0.15, 0.2) is 6.54 Å². The average molecular weight is 395 g/mol. The highest BCUT2D eigenvalue weighted by atomic mass is 32.2. The zero-order chi connectivity index (χ0) is 19.2. The summed E-state index contributed by atoms with van der Waals surface area (Å²) in [6.07, 6.45) is 0. The molecule has 7 nitrogen and oxygen atoms in total. The Bertz CT molecular complexity index is 647. The maximum absolute atomic E-state index is 12.7. The van der Waals surface area contributed by atoms with Gasteiger partial charge in [-0.25, -0.2) is 0 Å². The van der Waals surface area contributed by atoms with Crippen molar-refractivity contribution >= 4 is 29.3 Å². The highest BCUT2D eigenvalue weighted by molar-refractivity contribution is 8.00. The second kappa shape index (κ2) is 9.32. The minimum atomic E-state index is -0.255. The van der Waals surface area contributed by atoms with E-state index in [1.807, 2.05) is 17.0 Å². The summed E-state index contributed by atoms with van der Waals surface area (Å²) in [5.74, 6) is 1.54.